The zero-order valence-corrected chi connectivity index (χ0v) is 16.4. The number of benzene rings is 2. The molecule has 1 heterocycles. The lowest BCUT2D eigenvalue weighted by molar-refractivity contribution is 0.159. The van der Waals surface area contributed by atoms with E-state index in [1.807, 2.05) is 36.4 Å². The van der Waals surface area contributed by atoms with E-state index in [0.717, 1.165) is 5.56 Å². The van der Waals surface area contributed by atoms with Crippen LogP contribution in [0.3, 0.4) is 0 Å². The van der Waals surface area contributed by atoms with Gasteiger partial charge < -0.3 is 4.74 Å². The lowest BCUT2D eigenvalue weighted by Crippen LogP contribution is -2.48. The van der Waals surface area contributed by atoms with Gasteiger partial charge in [0.1, 0.15) is 18.4 Å². The normalized spacial score (nSPS) is 16.1. The summed E-state index contributed by atoms with van der Waals surface area (Å²) in [6.45, 7) is 3.36. The maximum atomic E-state index is 12.5. The Morgan fingerprint density at radius 2 is 1.68 bits per heavy atom. The number of sulfonamides is 1. The summed E-state index contributed by atoms with van der Waals surface area (Å²) in [4.78, 5) is 2.17. The van der Waals surface area contributed by atoms with Crippen molar-refractivity contribution in [1.82, 2.24) is 9.21 Å². The van der Waals surface area contributed by atoms with Crippen molar-refractivity contribution in [2.24, 2.45) is 0 Å². The van der Waals surface area contributed by atoms with Gasteiger partial charge in [-0.05, 0) is 23.8 Å². The van der Waals surface area contributed by atoms with Crippen molar-refractivity contribution in [2.75, 3.05) is 39.3 Å². The summed E-state index contributed by atoms with van der Waals surface area (Å²) in [5.74, 6) is 0.581. The molecular formula is C21H23N3O3S. The summed E-state index contributed by atoms with van der Waals surface area (Å²) in [6, 6.07) is 18.6. The van der Waals surface area contributed by atoms with Gasteiger partial charge in [-0.15, -0.1) is 0 Å². The molecule has 1 aliphatic heterocycles. The zero-order chi connectivity index (χ0) is 19.8. The number of hydrogen-bond acceptors (Lipinski definition) is 5. The fourth-order valence-corrected chi connectivity index (χ4v) is 4.17. The number of nitrogens with zero attached hydrogens (tertiary/aromatic N) is 3. The van der Waals surface area contributed by atoms with Crippen LogP contribution in [0.4, 0.5) is 0 Å². The minimum absolute atomic E-state index is 0.455. The van der Waals surface area contributed by atoms with E-state index in [1.165, 1.54) is 9.71 Å². The van der Waals surface area contributed by atoms with Crippen molar-refractivity contribution in [3.63, 3.8) is 0 Å². The van der Waals surface area contributed by atoms with Crippen molar-refractivity contribution >= 4 is 16.1 Å². The third-order valence-corrected chi connectivity index (χ3v) is 6.16. The zero-order valence-electron chi connectivity index (χ0n) is 15.6. The minimum atomic E-state index is -3.42. The number of piperazine rings is 1. The number of nitriles is 1. The monoisotopic (exact) mass is 397 g/mol. The van der Waals surface area contributed by atoms with E-state index >= 15 is 0 Å². The molecule has 1 saturated heterocycles. The van der Waals surface area contributed by atoms with Crippen LogP contribution in [0.2, 0.25) is 0 Å². The molecule has 2 aromatic carbocycles. The molecule has 0 amide bonds. The molecule has 1 aliphatic rings. The molecule has 1 fully saturated rings. The summed E-state index contributed by atoms with van der Waals surface area (Å²) >= 11 is 0. The van der Waals surface area contributed by atoms with Crippen molar-refractivity contribution in [2.45, 2.75) is 0 Å². The second-order valence-electron chi connectivity index (χ2n) is 6.46. The van der Waals surface area contributed by atoms with Crippen LogP contribution in [-0.2, 0) is 10.0 Å². The first-order valence-corrected chi connectivity index (χ1v) is 10.7. The topological polar surface area (TPSA) is 73.6 Å². The van der Waals surface area contributed by atoms with E-state index in [1.54, 1.807) is 24.3 Å². The Kier molecular flexibility index (Phi) is 6.82. The van der Waals surface area contributed by atoms with E-state index in [9.17, 15) is 8.42 Å². The predicted molar refractivity (Wildman–Crippen MR) is 109 cm³/mol. The van der Waals surface area contributed by atoms with E-state index in [-0.39, 0.29) is 0 Å². The molecule has 0 aromatic heterocycles. The van der Waals surface area contributed by atoms with Crippen LogP contribution < -0.4 is 4.74 Å². The molecular weight excluding hydrogens is 374 g/mol. The highest BCUT2D eigenvalue weighted by atomic mass is 32.2. The maximum absolute atomic E-state index is 12.5. The van der Waals surface area contributed by atoms with Gasteiger partial charge in [-0.3, -0.25) is 4.90 Å². The molecule has 0 aliphatic carbocycles. The SMILES string of the molecule is N#Cc1ccccc1OCCN1CCN(S(=O)(=O)/C=C/c2ccccc2)CC1. The first-order valence-electron chi connectivity index (χ1n) is 9.16. The Morgan fingerprint density at radius 1 is 1.00 bits per heavy atom. The third-order valence-electron chi connectivity index (χ3n) is 4.60. The Morgan fingerprint density at radius 3 is 2.39 bits per heavy atom. The number of para-hydroxylation sites is 1. The smallest absolute Gasteiger partial charge is 0.236 e. The van der Waals surface area contributed by atoms with Crippen molar-refractivity contribution in [1.29, 1.82) is 5.26 Å². The number of rotatable bonds is 7. The van der Waals surface area contributed by atoms with E-state index in [4.69, 9.17) is 10.00 Å². The van der Waals surface area contributed by atoms with E-state index in [2.05, 4.69) is 11.0 Å². The Hall–Kier alpha value is -2.66. The second-order valence-corrected chi connectivity index (χ2v) is 8.27. The van der Waals surface area contributed by atoms with Gasteiger partial charge in [0.05, 0.1) is 5.56 Å². The number of hydrogen-bond donors (Lipinski definition) is 0. The Labute approximate surface area is 166 Å². The quantitative estimate of drug-likeness (QED) is 0.718. The fraction of sp³-hybridized carbons (Fsp3) is 0.286. The van der Waals surface area contributed by atoms with Crippen LogP contribution in [0.1, 0.15) is 11.1 Å². The second kappa shape index (κ2) is 9.51. The molecule has 146 valence electrons. The highest BCUT2D eigenvalue weighted by molar-refractivity contribution is 7.92. The van der Waals surface area contributed by atoms with Gasteiger partial charge in [-0.2, -0.15) is 9.57 Å². The number of ether oxygens (including phenoxy) is 1. The van der Waals surface area contributed by atoms with Gasteiger partial charge >= 0.3 is 0 Å². The van der Waals surface area contributed by atoms with Gasteiger partial charge in [0.2, 0.25) is 10.0 Å². The predicted octanol–water partition coefficient (Wildman–Crippen LogP) is 2.56. The van der Waals surface area contributed by atoms with Crippen molar-refractivity contribution < 1.29 is 13.2 Å². The first kappa shape index (κ1) is 20.1. The van der Waals surface area contributed by atoms with Crippen LogP contribution >= 0.6 is 0 Å². The van der Waals surface area contributed by atoms with Crippen LogP contribution in [-0.4, -0.2) is 57.0 Å². The standard InChI is InChI=1S/C21H23N3O3S/c22-18-20-8-4-5-9-21(20)27-16-15-23-11-13-24(14-12-23)28(25,26)17-10-19-6-2-1-3-7-19/h1-10,17H,11-16H2/b17-10+. The van der Waals surface area contributed by atoms with E-state index in [0.29, 0.717) is 50.6 Å². The molecule has 3 rings (SSSR count). The molecule has 6 nitrogen and oxygen atoms in total. The van der Waals surface area contributed by atoms with Gasteiger partial charge in [-0.25, -0.2) is 8.42 Å². The van der Waals surface area contributed by atoms with Gasteiger partial charge in [0.15, 0.2) is 0 Å². The molecule has 0 spiro atoms. The lowest BCUT2D eigenvalue weighted by Gasteiger charge is -2.33. The molecule has 28 heavy (non-hydrogen) atoms. The summed E-state index contributed by atoms with van der Waals surface area (Å²) in [5, 5.41) is 10.4. The summed E-state index contributed by atoms with van der Waals surface area (Å²) in [6.07, 6.45) is 1.63. The first-order chi connectivity index (χ1) is 13.6. The van der Waals surface area contributed by atoms with E-state index < -0.39 is 10.0 Å². The molecule has 0 atom stereocenters. The molecule has 0 bridgehead atoms. The minimum Gasteiger partial charge on any atom is -0.491 e. The van der Waals surface area contributed by atoms with Crippen LogP contribution in [0, 0.1) is 11.3 Å². The van der Waals surface area contributed by atoms with Crippen LogP contribution in [0.15, 0.2) is 60.0 Å². The third kappa shape index (κ3) is 5.42. The molecule has 7 heteroatoms. The molecule has 0 unspecified atom stereocenters. The van der Waals surface area contributed by atoms with Gasteiger partial charge in [0, 0.05) is 38.1 Å². The molecule has 0 radical (unpaired) electrons. The highest BCUT2D eigenvalue weighted by Crippen LogP contribution is 2.17. The van der Waals surface area contributed by atoms with Crippen LogP contribution in [0.25, 0.3) is 6.08 Å². The Bertz CT molecular complexity index is 944. The van der Waals surface area contributed by atoms with Crippen molar-refractivity contribution in [3.05, 3.63) is 71.1 Å². The average Bonchev–Trinajstić information content (AvgIpc) is 2.74. The maximum Gasteiger partial charge on any atom is 0.236 e. The van der Waals surface area contributed by atoms with Crippen molar-refractivity contribution in [3.8, 4) is 11.8 Å². The Balaban J connectivity index is 1.46. The van der Waals surface area contributed by atoms with Gasteiger partial charge in [0.25, 0.3) is 0 Å². The molecule has 2 aromatic rings. The molecule has 0 N–H and O–H groups in total. The highest BCUT2D eigenvalue weighted by Gasteiger charge is 2.24. The van der Waals surface area contributed by atoms with Gasteiger partial charge in [-0.1, -0.05) is 42.5 Å². The summed E-state index contributed by atoms with van der Waals surface area (Å²) < 4.78 is 32.2. The summed E-state index contributed by atoms with van der Waals surface area (Å²) in [5.41, 5.74) is 1.38. The largest absolute Gasteiger partial charge is 0.491 e. The molecule has 0 saturated carbocycles. The fourth-order valence-electron chi connectivity index (χ4n) is 2.99. The summed E-state index contributed by atoms with van der Waals surface area (Å²) in [7, 11) is -3.42. The average molecular weight is 398 g/mol. The lowest BCUT2D eigenvalue weighted by atomic mass is 10.2. The van der Waals surface area contributed by atoms with Crippen LogP contribution in [0.5, 0.6) is 5.75 Å².